The van der Waals surface area contributed by atoms with Crippen molar-refractivity contribution in [2.24, 2.45) is 0 Å². The standard InChI is InChI=1S/C18H36O9/c1-14(19)9-22-5-6-24-12-18(25-8-7-23-10-15(2)20)13-27-17(4)26-11-16(3)21/h14-16,18-21H,4-13H2,1-3H3. The molecule has 0 bridgehead atoms. The number of ether oxygens (including phenoxy) is 6. The number of aliphatic hydroxyl groups is 3. The van der Waals surface area contributed by atoms with E-state index < -0.39 is 18.3 Å². The van der Waals surface area contributed by atoms with Gasteiger partial charge in [-0.1, -0.05) is 0 Å². The molecule has 4 atom stereocenters. The molecule has 9 nitrogen and oxygen atoms in total. The second-order valence-electron chi connectivity index (χ2n) is 6.26. The van der Waals surface area contributed by atoms with Crippen molar-refractivity contribution in [3.05, 3.63) is 12.5 Å². The third kappa shape index (κ3) is 19.6. The number of rotatable bonds is 19. The minimum absolute atomic E-state index is 0.0919. The van der Waals surface area contributed by atoms with E-state index in [0.717, 1.165) is 0 Å². The molecule has 4 unspecified atom stereocenters. The van der Waals surface area contributed by atoms with Crippen molar-refractivity contribution in [3.8, 4) is 0 Å². The SMILES string of the molecule is C=C(OCC(C)O)OCC(COCCOCC(C)O)OCCOCC(C)O. The molecule has 0 aromatic carbocycles. The van der Waals surface area contributed by atoms with Crippen LogP contribution >= 0.6 is 0 Å². The van der Waals surface area contributed by atoms with Crippen LogP contribution in [0.4, 0.5) is 0 Å². The van der Waals surface area contributed by atoms with Crippen molar-refractivity contribution in [2.45, 2.75) is 45.2 Å². The first-order valence-electron chi connectivity index (χ1n) is 9.14. The second kappa shape index (κ2) is 17.2. The van der Waals surface area contributed by atoms with Gasteiger partial charge in [-0.2, -0.15) is 0 Å². The Morgan fingerprint density at radius 2 is 1.11 bits per heavy atom. The molecule has 0 amide bonds. The summed E-state index contributed by atoms with van der Waals surface area (Å²) in [6.45, 7) is 10.9. The molecule has 0 aliphatic carbocycles. The van der Waals surface area contributed by atoms with Crippen LogP contribution < -0.4 is 0 Å². The van der Waals surface area contributed by atoms with Crippen LogP contribution in [0.15, 0.2) is 12.5 Å². The predicted octanol–water partition coefficient (Wildman–Crippen LogP) is 0.0682. The molecule has 0 aromatic rings. The van der Waals surface area contributed by atoms with E-state index in [1.165, 1.54) is 0 Å². The van der Waals surface area contributed by atoms with Crippen LogP contribution in [0, 0.1) is 0 Å². The highest BCUT2D eigenvalue weighted by atomic mass is 16.7. The lowest BCUT2D eigenvalue weighted by atomic mass is 10.4. The van der Waals surface area contributed by atoms with Gasteiger partial charge in [-0.25, -0.2) is 0 Å². The Bertz CT molecular complexity index is 348. The van der Waals surface area contributed by atoms with Crippen molar-refractivity contribution in [1.82, 2.24) is 0 Å². The third-order valence-electron chi connectivity index (χ3n) is 2.89. The van der Waals surface area contributed by atoms with Gasteiger partial charge in [0.1, 0.15) is 19.3 Å². The molecule has 0 aromatic heterocycles. The Hall–Kier alpha value is -0.940. The van der Waals surface area contributed by atoms with E-state index in [9.17, 15) is 5.11 Å². The zero-order valence-corrected chi connectivity index (χ0v) is 16.7. The van der Waals surface area contributed by atoms with Gasteiger partial charge in [0.05, 0.1) is 64.6 Å². The largest absolute Gasteiger partial charge is 0.463 e. The van der Waals surface area contributed by atoms with Gasteiger partial charge in [-0.05, 0) is 27.4 Å². The molecule has 0 fully saturated rings. The van der Waals surface area contributed by atoms with E-state index in [1.54, 1.807) is 20.8 Å². The number of aliphatic hydroxyl groups excluding tert-OH is 3. The highest BCUT2D eigenvalue weighted by Crippen LogP contribution is 2.03. The molecule has 0 rings (SSSR count). The van der Waals surface area contributed by atoms with Gasteiger partial charge in [0, 0.05) is 0 Å². The molecule has 0 spiro atoms. The zero-order valence-electron chi connectivity index (χ0n) is 16.7. The molecule has 162 valence electrons. The summed E-state index contributed by atoms with van der Waals surface area (Å²) < 4.78 is 32.1. The van der Waals surface area contributed by atoms with E-state index >= 15 is 0 Å². The lowest BCUT2D eigenvalue weighted by molar-refractivity contribution is -0.0914. The Kier molecular flexibility index (Phi) is 16.6. The highest BCUT2D eigenvalue weighted by molar-refractivity contribution is 4.70. The Morgan fingerprint density at radius 1 is 0.667 bits per heavy atom. The monoisotopic (exact) mass is 396 g/mol. The van der Waals surface area contributed by atoms with E-state index in [1.807, 2.05) is 0 Å². The Labute approximate surface area is 161 Å². The van der Waals surface area contributed by atoms with Crippen molar-refractivity contribution < 1.29 is 43.7 Å². The van der Waals surface area contributed by atoms with Crippen LogP contribution in [0.5, 0.6) is 0 Å². The van der Waals surface area contributed by atoms with Crippen LogP contribution in [-0.4, -0.2) is 99.2 Å². The van der Waals surface area contributed by atoms with Gasteiger partial charge >= 0.3 is 0 Å². The predicted molar refractivity (Wildman–Crippen MR) is 98.3 cm³/mol. The molecular weight excluding hydrogens is 360 g/mol. The second-order valence-corrected chi connectivity index (χ2v) is 6.26. The van der Waals surface area contributed by atoms with E-state index in [4.69, 9.17) is 38.6 Å². The average Bonchev–Trinajstić information content (AvgIpc) is 2.59. The van der Waals surface area contributed by atoms with Crippen molar-refractivity contribution in [2.75, 3.05) is 59.5 Å². The minimum atomic E-state index is -0.617. The maximum Gasteiger partial charge on any atom is 0.271 e. The maximum absolute atomic E-state index is 9.18. The zero-order chi connectivity index (χ0) is 20.5. The van der Waals surface area contributed by atoms with Crippen LogP contribution in [0.3, 0.4) is 0 Å². The summed E-state index contributed by atoms with van der Waals surface area (Å²) >= 11 is 0. The van der Waals surface area contributed by atoms with Crippen LogP contribution in [0.2, 0.25) is 0 Å². The third-order valence-corrected chi connectivity index (χ3v) is 2.89. The summed E-state index contributed by atoms with van der Waals surface area (Å²) in [4.78, 5) is 0. The van der Waals surface area contributed by atoms with Crippen LogP contribution in [0.1, 0.15) is 20.8 Å². The van der Waals surface area contributed by atoms with E-state index in [0.29, 0.717) is 26.4 Å². The van der Waals surface area contributed by atoms with E-state index in [2.05, 4.69) is 6.58 Å². The normalized spacial score (nSPS) is 15.8. The van der Waals surface area contributed by atoms with Crippen molar-refractivity contribution >= 4 is 0 Å². The summed E-state index contributed by atoms with van der Waals surface area (Å²) in [6.07, 6.45) is -2.04. The molecule has 3 N–H and O–H groups in total. The molecule has 0 saturated carbocycles. The molecule has 0 saturated heterocycles. The van der Waals surface area contributed by atoms with Crippen molar-refractivity contribution in [3.63, 3.8) is 0 Å². The fourth-order valence-electron chi connectivity index (χ4n) is 1.70. The number of hydrogen-bond acceptors (Lipinski definition) is 9. The lowest BCUT2D eigenvalue weighted by Crippen LogP contribution is -2.28. The van der Waals surface area contributed by atoms with E-state index in [-0.39, 0.29) is 45.1 Å². The van der Waals surface area contributed by atoms with Gasteiger partial charge < -0.3 is 43.7 Å². The van der Waals surface area contributed by atoms with Crippen LogP contribution in [0.25, 0.3) is 0 Å². The summed E-state index contributed by atoms with van der Waals surface area (Å²) in [6, 6.07) is 0. The Morgan fingerprint density at radius 3 is 1.63 bits per heavy atom. The smallest absolute Gasteiger partial charge is 0.271 e. The molecule has 0 aliphatic heterocycles. The van der Waals surface area contributed by atoms with Crippen LogP contribution in [-0.2, 0) is 28.4 Å². The van der Waals surface area contributed by atoms with Gasteiger partial charge in [-0.15, -0.1) is 0 Å². The summed E-state index contributed by atoms with van der Waals surface area (Å²) in [7, 11) is 0. The fourth-order valence-corrected chi connectivity index (χ4v) is 1.70. The topological polar surface area (TPSA) is 116 Å². The highest BCUT2D eigenvalue weighted by Gasteiger charge is 2.12. The van der Waals surface area contributed by atoms with Gasteiger partial charge in [0.15, 0.2) is 0 Å². The summed E-state index contributed by atoms with van der Waals surface area (Å²) in [5.41, 5.74) is 0. The first kappa shape index (κ1) is 26.1. The molecule has 0 radical (unpaired) electrons. The molecule has 9 heteroatoms. The van der Waals surface area contributed by atoms with Gasteiger partial charge in [-0.3, -0.25) is 0 Å². The molecule has 0 aliphatic rings. The molecule has 0 heterocycles. The minimum Gasteiger partial charge on any atom is -0.463 e. The average molecular weight is 396 g/mol. The Balaban J connectivity index is 4.06. The van der Waals surface area contributed by atoms with Crippen molar-refractivity contribution in [1.29, 1.82) is 0 Å². The molecular formula is C18H36O9. The first-order chi connectivity index (χ1) is 12.8. The summed E-state index contributed by atoms with van der Waals surface area (Å²) in [5.74, 6) is 0.0927. The molecule has 27 heavy (non-hydrogen) atoms. The number of hydrogen-bond donors (Lipinski definition) is 3. The van der Waals surface area contributed by atoms with Gasteiger partial charge in [0.25, 0.3) is 5.95 Å². The fraction of sp³-hybridized carbons (Fsp3) is 0.889. The first-order valence-corrected chi connectivity index (χ1v) is 9.14. The maximum atomic E-state index is 9.18. The van der Waals surface area contributed by atoms with Gasteiger partial charge in [0.2, 0.25) is 0 Å². The quantitative estimate of drug-likeness (QED) is 0.206. The lowest BCUT2D eigenvalue weighted by Gasteiger charge is -2.20. The summed E-state index contributed by atoms with van der Waals surface area (Å²) in [5, 5.41) is 27.4.